The molecule has 0 aliphatic heterocycles. The Kier molecular flexibility index (Phi) is 6.21. The Morgan fingerprint density at radius 2 is 2.04 bits per heavy atom. The van der Waals surface area contributed by atoms with Gasteiger partial charge in [0.1, 0.15) is 0 Å². The summed E-state index contributed by atoms with van der Waals surface area (Å²) in [6.45, 7) is 1.65. The molecule has 0 saturated heterocycles. The fourth-order valence-electron chi connectivity index (χ4n) is 1.88. The number of hydrogen-bond donors (Lipinski definition) is 2. The number of rotatable bonds is 6. The van der Waals surface area contributed by atoms with Crippen molar-refractivity contribution in [3.05, 3.63) is 52.3 Å². The van der Waals surface area contributed by atoms with Crippen molar-refractivity contribution in [2.45, 2.75) is 0 Å². The fraction of sp³-hybridized carbons (Fsp3) is 0.250. The van der Waals surface area contributed by atoms with Crippen LogP contribution in [0.5, 0.6) is 0 Å². The molecular weight excluding hydrogens is 335 g/mol. The number of halogens is 2. The summed E-state index contributed by atoms with van der Waals surface area (Å²) in [5, 5.41) is 6.67. The van der Waals surface area contributed by atoms with E-state index < -0.39 is 0 Å². The third kappa shape index (κ3) is 5.10. The zero-order chi connectivity index (χ0) is 16.8. The largest absolute Gasteiger partial charge is 0.382 e. The van der Waals surface area contributed by atoms with Gasteiger partial charge in [-0.15, -0.1) is 0 Å². The number of anilines is 2. The topological polar surface area (TPSA) is 57.3 Å². The maximum absolute atomic E-state index is 12.3. The monoisotopic (exact) mass is 352 g/mol. The minimum atomic E-state index is -0.294. The lowest BCUT2D eigenvalue weighted by Crippen LogP contribution is -2.21. The van der Waals surface area contributed by atoms with Crippen LogP contribution in [-0.2, 0) is 0 Å². The van der Waals surface area contributed by atoms with Gasteiger partial charge >= 0.3 is 0 Å². The molecule has 0 fully saturated rings. The number of carbonyl (C=O) groups is 1. The van der Waals surface area contributed by atoms with Gasteiger partial charge in [-0.05, 0) is 32.3 Å². The zero-order valence-corrected chi connectivity index (χ0v) is 14.4. The minimum absolute atomic E-state index is 0.294. The van der Waals surface area contributed by atoms with Crippen LogP contribution in [0.25, 0.3) is 0 Å². The molecule has 7 heteroatoms. The third-order valence-electron chi connectivity index (χ3n) is 3.09. The highest BCUT2D eigenvalue weighted by Gasteiger charge is 2.11. The first-order chi connectivity index (χ1) is 11.0. The van der Waals surface area contributed by atoms with E-state index in [-0.39, 0.29) is 5.91 Å². The third-order valence-corrected chi connectivity index (χ3v) is 3.91. The Labute approximate surface area is 145 Å². The second-order valence-corrected chi connectivity index (χ2v) is 6.03. The SMILES string of the molecule is CN(C)CCNc1cncc(C(=O)Nc2cccc(Cl)c2Cl)c1. The summed E-state index contributed by atoms with van der Waals surface area (Å²) >= 11 is 12.0. The van der Waals surface area contributed by atoms with Crippen LogP contribution in [0.15, 0.2) is 36.7 Å². The molecule has 0 unspecified atom stereocenters. The van der Waals surface area contributed by atoms with Crippen molar-refractivity contribution >= 4 is 40.5 Å². The van der Waals surface area contributed by atoms with E-state index in [0.29, 0.717) is 21.3 Å². The molecule has 0 spiro atoms. The van der Waals surface area contributed by atoms with E-state index in [1.165, 1.54) is 6.20 Å². The Morgan fingerprint density at radius 1 is 1.26 bits per heavy atom. The Hall–Kier alpha value is -1.82. The van der Waals surface area contributed by atoms with Gasteiger partial charge in [0.15, 0.2) is 0 Å². The summed E-state index contributed by atoms with van der Waals surface area (Å²) in [5.74, 6) is -0.294. The van der Waals surface area contributed by atoms with Crippen LogP contribution in [0.4, 0.5) is 11.4 Å². The van der Waals surface area contributed by atoms with Crippen molar-refractivity contribution in [2.24, 2.45) is 0 Å². The van der Waals surface area contributed by atoms with Crippen LogP contribution < -0.4 is 10.6 Å². The summed E-state index contributed by atoms with van der Waals surface area (Å²) < 4.78 is 0. The fourth-order valence-corrected chi connectivity index (χ4v) is 2.23. The summed E-state index contributed by atoms with van der Waals surface area (Å²) in [5.41, 5.74) is 1.70. The summed E-state index contributed by atoms with van der Waals surface area (Å²) in [4.78, 5) is 18.5. The first kappa shape index (κ1) is 17.5. The maximum atomic E-state index is 12.3. The average molecular weight is 353 g/mol. The number of nitrogens with one attached hydrogen (secondary N) is 2. The standard InChI is InChI=1S/C16H18Cl2N4O/c1-22(2)7-6-20-12-8-11(9-19-10-12)16(23)21-14-5-3-4-13(17)15(14)18/h3-5,8-10,20H,6-7H2,1-2H3,(H,21,23). The Morgan fingerprint density at radius 3 is 2.78 bits per heavy atom. The second-order valence-electron chi connectivity index (χ2n) is 5.25. The van der Waals surface area contributed by atoms with Gasteiger partial charge in [0.2, 0.25) is 0 Å². The molecular formula is C16H18Cl2N4O. The smallest absolute Gasteiger partial charge is 0.257 e. The Bertz CT molecular complexity index is 692. The Balaban J connectivity index is 2.06. The van der Waals surface area contributed by atoms with Crippen molar-refractivity contribution in [3.8, 4) is 0 Å². The molecule has 1 heterocycles. The lowest BCUT2D eigenvalue weighted by Gasteiger charge is -2.12. The molecule has 0 saturated carbocycles. The van der Waals surface area contributed by atoms with E-state index in [4.69, 9.17) is 23.2 Å². The highest BCUT2D eigenvalue weighted by molar-refractivity contribution is 6.44. The van der Waals surface area contributed by atoms with Gasteiger partial charge in [-0.25, -0.2) is 0 Å². The van der Waals surface area contributed by atoms with E-state index in [9.17, 15) is 4.79 Å². The highest BCUT2D eigenvalue weighted by atomic mass is 35.5. The number of hydrogen-bond acceptors (Lipinski definition) is 4. The molecule has 1 aromatic carbocycles. The molecule has 0 radical (unpaired) electrons. The first-order valence-electron chi connectivity index (χ1n) is 7.06. The lowest BCUT2D eigenvalue weighted by atomic mass is 10.2. The molecule has 122 valence electrons. The van der Waals surface area contributed by atoms with Crippen molar-refractivity contribution in [3.63, 3.8) is 0 Å². The predicted octanol–water partition coefficient (Wildman–Crippen LogP) is 3.61. The van der Waals surface area contributed by atoms with E-state index in [0.717, 1.165) is 18.8 Å². The molecule has 2 aromatic rings. The number of aromatic nitrogens is 1. The second kappa shape index (κ2) is 8.15. The van der Waals surface area contributed by atoms with Gasteiger partial charge in [-0.2, -0.15) is 0 Å². The van der Waals surface area contributed by atoms with Gasteiger partial charge < -0.3 is 15.5 Å². The number of pyridine rings is 1. The molecule has 23 heavy (non-hydrogen) atoms. The van der Waals surface area contributed by atoms with Crippen molar-refractivity contribution in [2.75, 3.05) is 37.8 Å². The zero-order valence-electron chi connectivity index (χ0n) is 12.9. The molecule has 0 aliphatic carbocycles. The number of likely N-dealkylation sites (N-methyl/N-ethyl adjacent to an activating group) is 1. The van der Waals surface area contributed by atoms with E-state index >= 15 is 0 Å². The minimum Gasteiger partial charge on any atom is -0.382 e. The summed E-state index contributed by atoms with van der Waals surface area (Å²) in [6, 6.07) is 6.83. The predicted molar refractivity (Wildman–Crippen MR) is 95.7 cm³/mol. The van der Waals surface area contributed by atoms with Crippen molar-refractivity contribution in [1.82, 2.24) is 9.88 Å². The first-order valence-corrected chi connectivity index (χ1v) is 7.82. The van der Waals surface area contributed by atoms with Gasteiger partial charge in [0, 0.05) is 25.5 Å². The van der Waals surface area contributed by atoms with Gasteiger partial charge in [0.05, 0.1) is 27.0 Å². The molecule has 2 rings (SSSR count). The van der Waals surface area contributed by atoms with Crippen molar-refractivity contribution in [1.29, 1.82) is 0 Å². The molecule has 0 atom stereocenters. The molecule has 0 aliphatic rings. The molecule has 0 bridgehead atoms. The molecule has 1 aromatic heterocycles. The van der Waals surface area contributed by atoms with Crippen LogP contribution in [0.2, 0.25) is 10.0 Å². The average Bonchev–Trinajstić information content (AvgIpc) is 2.52. The molecule has 1 amide bonds. The summed E-state index contributed by atoms with van der Waals surface area (Å²) in [6.07, 6.45) is 3.18. The van der Waals surface area contributed by atoms with E-state index in [2.05, 4.69) is 20.5 Å². The van der Waals surface area contributed by atoms with Crippen LogP contribution in [0, 0.1) is 0 Å². The number of nitrogens with zero attached hydrogens (tertiary/aromatic N) is 2. The van der Waals surface area contributed by atoms with Gasteiger partial charge in [0.25, 0.3) is 5.91 Å². The number of carbonyl (C=O) groups excluding carboxylic acids is 1. The maximum Gasteiger partial charge on any atom is 0.257 e. The van der Waals surface area contributed by atoms with Crippen LogP contribution in [0.3, 0.4) is 0 Å². The van der Waals surface area contributed by atoms with E-state index in [1.807, 2.05) is 14.1 Å². The van der Waals surface area contributed by atoms with Crippen molar-refractivity contribution < 1.29 is 4.79 Å². The van der Waals surface area contributed by atoms with Crippen LogP contribution in [0.1, 0.15) is 10.4 Å². The highest BCUT2D eigenvalue weighted by Crippen LogP contribution is 2.29. The van der Waals surface area contributed by atoms with E-state index in [1.54, 1.807) is 30.5 Å². The quantitative estimate of drug-likeness (QED) is 0.833. The van der Waals surface area contributed by atoms with Crippen LogP contribution >= 0.6 is 23.2 Å². The van der Waals surface area contributed by atoms with Gasteiger partial charge in [-0.3, -0.25) is 9.78 Å². The molecule has 5 nitrogen and oxygen atoms in total. The summed E-state index contributed by atoms with van der Waals surface area (Å²) in [7, 11) is 4.00. The van der Waals surface area contributed by atoms with Crippen LogP contribution in [-0.4, -0.2) is 43.0 Å². The molecule has 2 N–H and O–H groups in total. The number of amides is 1. The lowest BCUT2D eigenvalue weighted by molar-refractivity contribution is 0.102. The van der Waals surface area contributed by atoms with Gasteiger partial charge in [-0.1, -0.05) is 29.3 Å². The number of benzene rings is 1. The normalized spacial score (nSPS) is 10.7.